The van der Waals surface area contributed by atoms with E-state index in [2.05, 4.69) is 0 Å². The van der Waals surface area contributed by atoms with Crippen molar-refractivity contribution in [1.82, 2.24) is 0 Å². The predicted octanol–water partition coefficient (Wildman–Crippen LogP) is 4.76. The number of carbonyl (C=O) groups excluding carboxylic acids is 3. The molecule has 0 spiro atoms. The third kappa shape index (κ3) is 4.02. The molecule has 1 fully saturated rings. The van der Waals surface area contributed by atoms with Gasteiger partial charge in [0.1, 0.15) is 11.5 Å². The van der Waals surface area contributed by atoms with E-state index in [1.807, 2.05) is 0 Å². The fourth-order valence-corrected chi connectivity index (χ4v) is 4.11. The highest BCUT2D eigenvalue weighted by atomic mass is 35.5. The molecule has 1 amide bonds. The second-order valence-corrected chi connectivity index (χ2v) is 7.88. The molecular weight excluding hydrogens is 458 g/mol. The number of ketones is 1. The monoisotopic (exact) mass is 477 g/mol. The van der Waals surface area contributed by atoms with Crippen LogP contribution in [0.15, 0.2) is 78.4 Å². The van der Waals surface area contributed by atoms with Crippen LogP contribution in [0, 0.1) is 0 Å². The maximum absolute atomic E-state index is 13.2. The lowest BCUT2D eigenvalue weighted by Gasteiger charge is -2.25. The van der Waals surface area contributed by atoms with Crippen molar-refractivity contribution in [3.63, 3.8) is 0 Å². The molecule has 1 aliphatic rings. The Morgan fingerprint density at radius 3 is 2.35 bits per heavy atom. The Bertz CT molecular complexity index is 1320. The van der Waals surface area contributed by atoms with Gasteiger partial charge in [0.05, 0.1) is 36.4 Å². The summed E-state index contributed by atoms with van der Waals surface area (Å²) in [5.74, 6) is -2.33. The van der Waals surface area contributed by atoms with Crippen molar-refractivity contribution in [3.05, 3.63) is 100 Å². The quantitative estimate of drug-likeness (QED) is 0.246. The van der Waals surface area contributed by atoms with Crippen LogP contribution in [0.1, 0.15) is 27.5 Å². The number of aliphatic hydroxyl groups excluding tert-OH is 1. The molecule has 1 N–H and O–H groups in total. The minimum atomic E-state index is -0.934. The van der Waals surface area contributed by atoms with E-state index in [4.69, 9.17) is 21.1 Å². The van der Waals surface area contributed by atoms with E-state index in [-0.39, 0.29) is 22.5 Å². The molecule has 3 aromatic rings. The summed E-state index contributed by atoms with van der Waals surface area (Å²) in [5.41, 5.74) is 1.31. The van der Waals surface area contributed by atoms with Gasteiger partial charge in [0.25, 0.3) is 11.7 Å². The molecule has 0 aromatic heterocycles. The number of benzene rings is 3. The van der Waals surface area contributed by atoms with Crippen LogP contribution in [0.25, 0.3) is 5.76 Å². The molecule has 34 heavy (non-hydrogen) atoms. The lowest BCUT2D eigenvalue weighted by atomic mass is 9.95. The molecule has 172 valence electrons. The third-order valence-electron chi connectivity index (χ3n) is 5.53. The number of methoxy groups -OCH3 is 2. The number of anilines is 1. The van der Waals surface area contributed by atoms with Crippen molar-refractivity contribution in [2.24, 2.45) is 0 Å². The number of carbonyl (C=O) groups is 3. The van der Waals surface area contributed by atoms with Crippen LogP contribution < -0.4 is 9.64 Å². The number of amides is 1. The van der Waals surface area contributed by atoms with Crippen molar-refractivity contribution in [3.8, 4) is 5.75 Å². The number of esters is 1. The van der Waals surface area contributed by atoms with E-state index < -0.39 is 23.7 Å². The molecule has 7 nitrogen and oxygen atoms in total. The van der Waals surface area contributed by atoms with Crippen LogP contribution >= 0.6 is 11.6 Å². The zero-order valence-corrected chi connectivity index (χ0v) is 19.1. The van der Waals surface area contributed by atoms with Crippen LogP contribution in [-0.4, -0.2) is 37.0 Å². The van der Waals surface area contributed by atoms with Crippen molar-refractivity contribution >= 4 is 40.7 Å². The summed E-state index contributed by atoms with van der Waals surface area (Å²) in [6, 6.07) is 18.7. The van der Waals surface area contributed by atoms with Crippen LogP contribution in [-0.2, 0) is 14.3 Å². The topological polar surface area (TPSA) is 93.1 Å². The smallest absolute Gasteiger partial charge is 0.337 e. The molecular formula is C26H20ClNO6. The first-order valence-corrected chi connectivity index (χ1v) is 10.6. The zero-order valence-electron chi connectivity index (χ0n) is 18.3. The molecule has 0 aliphatic carbocycles. The Kier molecular flexibility index (Phi) is 6.38. The number of ether oxygens (including phenoxy) is 2. The van der Waals surface area contributed by atoms with Crippen LogP contribution in [0.4, 0.5) is 5.69 Å². The van der Waals surface area contributed by atoms with Gasteiger partial charge in [-0.05, 0) is 42.0 Å². The van der Waals surface area contributed by atoms with E-state index in [1.54, 1.807) is 48.5 Å². The number of Topliss-reactive ketones (excluding diaryl/α,β-unsaturated/α-hetero) is 1. The van der Waals surface area contributed by atoms with E-state index in [9.17, 15) is 19.5 Å². The molecule has 1 aliphatic heterocycles. The molecule has 3 aromatic carbocycles. The van der Waals surface area contributed by atoms with Crippen LogP contribution in [0.5, 0.6) is 5.75 Å². The molecule has 1 saturated heterocycles. The predicted molar refractivity (Wildman–Crippen MR) is 127 cm³/mol. The van der Waals surface area contributed by atoms with E-state index >= 15 is 0 Å². The van der Waals surface area contributed by atoms with Gasteiger partial charge in [0, 0.05) is 11.3 Å². The van der Waals surface area contributed by atoms with E-state index in [0.29, 0.717) is 22.0 Å². The van der Waals surface area contributed by atoms with Gasteiger partial charge >= 0.3 is 5.97 Å². The van der Waals surface area contributed by atoms with Gasteiger partial charge in [0.15, 0.2) is 0 Å². The number of hydrogen-bond acceptors (Lipinski definition) is 6. The van der Waals surface area contributed by atoms with E-state index in [1.165, 1.54) is 43.4 Å². The van der Waals surface area contributed by atoms with Crippen molar-refractivity contribution < 1.29 is 29.0 Å². The first-order valence-electron chi connectivity index (χ1n) is 10.3. The van der Waals surface area contributed by atoms with Crippen molar-refractivity contribution in [2.75, 3.05) is 19.1 Å². The molecule has 4 rings (SSSR count). The first kappa shape index (κ1) is 23.1. The van der Waals surface area contributed by atoms with Gasteiger partial charge in [-0.25, -0.2) is 4.79 Å². The van der Waals surface area contributed by atoms with Crippen LogP contribution in [0.2, 0.25) is 5.02 Å². The summed E-state index contributed by atoms with van der Waals surface area (Å²) in [6.07, 6.45) is 0. The zero-order chi connectivity index (χ0) is 24.4. The van der Waals surface area contributed by atoms with Crippen LogP contribution in [0.3, 0.4) is 0 Å². The Morgan fingerprint density at radius 1 is 0.941 bits per heavy atom. The summed E-state index contributed by atoms with van der Waals surface area (Å²) in [4.78, 5) is 39.8. The number of aliphatic hydroxyl groups is 1. The molecule has 1 atom stereocenters. The van der Waals surface area contributed by atoms with Gasteiger partial charge in [-0.3, -0.25) is 14.5 Å². The highest BCUT2D eigenvalue weighted by Gasteiger charge is 2.47. The third-order valence-corrected chi connectivity index (χ3v) is 5.84. The number of hydrogen-bond donors (Lipinski definition) is 1. The van der Waals surface area contributed by atoms with Gasteiger partial charge in [-0.2, -0.15) is 0 Å². The normalized spacial score (nSPS) is 17.0. The molecule has 8 heteroatoms. The maximum atomic E-state index is 13.2. The standard InChI is InChI=1S/C26H20ClNO6/c1-33-20-14-16(11-12-19(20)27)23(29)21-22(15-7-4-3-5-8-15)28(25(31)24(21)30)18-10-6-9-17(13-18)26(32)34-2/h3-14,22,29H,1-2H3/b23-21+. The molecule has 0 bridgehead atoms. The van der Waals surface area contributed by atoms with Gasteiger partial charge in [-0.1, -0.05) is 48.0 Å². The lowest BCUT2D eigenvalue weighted by molar-refractivity contribution is -0.132. The first-order chi connectivity index (χ1) is 16.4. The summed E-state index contributed by atoms with van der Waals surface area (Å²) in [7, 11) is 2.69. The SMILES string of the molecule is COC(=O)c1cccc(N2C(=O)C(=O)/C(=C(/O)c3ccc(Cl)c(OC)c3)C2c2ccccc2)c1. The summed E-state index contributed by atoms with van der Waals surface area (Å²) >= 11 is 6.10. The van der Waals surface area contributed by atoms with Crippen molar-refractivity contribution in [2.45, 2.75) is 6.04 Å². The Hall–Kier alpha value is -4.10. The number of halogens is 1. The van der Waals surface area contributed by atoms with Crippen molar-refractivity contribution in [1.29, 1.82) is 0 Å². The Balaban J connectivity index is 1.93. The molecule has 1 heterocycles. The average Bonchev–Trinajstić information content (AvgIpc) is 3.14. The fourth-order valence-electron chi connectivity index (χ4n) is 3.91. The van der Waals surface area contributed by atoms with Gasteiger partial charge in [0.2, 0.25) is 0 Å². The van der Waals surface area contributed by atoms with Gasteiger partial charge < -0.3 is 14.6 Å². The van der Waals surface area contributed by atoms with Gasteiger partial charge in [-0.15, -0.1) is 0 Å². The number of rotatable bonds is 5. The largest absolute Gasteiger partial charge is 0.507 e. The summed E-state index contributed by atoms with van der Waals surface area (Å²) in [5, 5.41) is 11.5. The second kappa shape index (κ2) is 9.41. The number of nitrogens with zero attached hydrogens (tertiary/aromatic N) is 1. The lowest BCUT2D eigenvalue weighted by Crippen LogP contribution is -2.29. The highest BCUT2D eigenvalue weighted by Crippen LogP contribution is 2.42. The minimum Gasteiger partial charge on any atom is -0.507 e. The molecule has 1 unspecified atom stereocenters. The summed E-state index contributed by atoms with van der Waals surface area (Å²) < 4.78 is 10.0. The summed E-state index contributed by atoms with van der Waals surface area (Å²) in [6.45, 7) is 0. The molecule has 0 saturated carbocycles. The Morgan fingerprint density at radius 2 is 1.68 bits per heavy atom. The van der Waals surface area contributed by atoms with E-state index in [0.717, 1.165) is 0 Å². The Labute approximate surface area is 200 Å². The fraction of sp³-hybridized carbons (Fsp3) is 0.115. The maximum Gasteiger partial charge on any atom is 0.337 e. The highest BCUT2D eigenvalue weighted by molar-refractivity contribution is 6.51. The minimum absolute atomic E-state index is 0.0935. The second-order valence-electron chi connectivity index (χ2n) is 7.47. The average molecular weight is 478 g/mol. The molecule has 0 radical (unpaired) electrons.